The summed E-state index contributed by atoms with van der Waals surface area (Å²) in [6.07, 6.45) is 8.35. The van der Waals surface area contributed by atoms with Gasteiger partial charge in [0.05, 0.1) is 0 Å². The zero-order chi connectivity index (χ0) is 15.4. The number of amides is 1. The molecular weight excluding hydrogens is 274 g/mol. The highest BCUT2D eigenvalue weighted by Crippen LogP contribution is 2.47. The largest absolute Gasteiger partial charge is 0.356 e. The van der Waals surface area contributed by atoms with E-state index < -0.39 is 0 Å². The standard InChI is InChI=1S/C18H27N3O/c1-2-21-10-6-14(7-11-21)5-9-20-18(22)17-12-16(17)15-4-3-8-19-13-15/h3-4,8,13-14,16-17H,2,5-7,9-12H2,1H3,(H,20,22)/t16-,17+/m0/s1. The van der Waals surface area contributed by atoms with Crippen LogP contribution in [-0.4, -0.2) is 42.0 Å². The van der Waals surface area contributed by atoms with Crippen LogP contribution in [0.1, 0.15) is 44.1 Å². The summed E-state index contributed by atoms with van der Waals surface area (Å²) in [5.74, 6) is 1.59. The molecule has 1 aliphatic heterocycles. The second-order valence-corrected chi connectivity index (χ2v) is 6.69. The molecule has 1 aliphatic carbocycles. The van der Waals surface area contributed by atoms with Crippen molar-refractivity contribution in [3.63, 3.8) is 0 Å². The maximum absolute atomic E-state index is 12.2. The molecule has 1 amide bonds. The summed E-state index contributed by atoms with van der Waals surface area (Å²) in [4.78, 5) is 18.8. The van der Waals surface area contributed by atoms with E-state index in [2.05, 4.69) is 28.2 Å². The number of aromatic nitrogens is 1. The third-order valence-corrected chi connectivity index (χ3v) is 5.25. The van der Waals surface area contributed by atoms with Crippen molar-refractivity contribution in [2.24, 2.45) is 11.8 Å². The van der Waals surface area contributed by atoms with Crippen molar-refractivity contribution in [3.05, 3.63) is 30.1 Å². The van der Waals surface area contributed by atoms with Crippen molar-refractivity contribution in [1.82, 2.24) is 15.2 Å². The van der Waals surface area contributed by atoms with Crippen LogP contribution in [0.3, 0.4) is 0 Å². The Balaban J connectivity index is 1.34. The predicted octanol–water partition coefficient (Wildman–Crippen LogP) is 2.42. The summed E-state index contributed by atoms with van der Waals surface area (Å²) in [5.41, 5.74) is 1.20. The molecule has 4 nitrogen and oxygen atoms in total. The van der Waals surface area contributed by atoms with Gasteiger partial charge in [0, 0.05) is 24.9 Å². The lowest BCUT2D eigenvalue weighted by atomic mass is 9.93. The molecule has 0 aromatic carbocycles. The Hall–Kier alpha value is -1.42. The normalized spacial score (nSPS) is 25.9. The van der Waals surface area contributed by atoms with Gasteiger partial charge in [-0.3, -0.25) is 9.78 Å². The van der Waals surface area contributed by atoms with Gasteiger partial charge < -0.3 is 10.2 Å². The SMILES string of the molecule is CCN1CCC(CCNC(=O)[C@@H]2C[C@H]2c2cccnc2)CC1. The van der Waals surface area contributed by atoms with E-state index in [0.29, 0.717) is 5.92 Å². The number of carbonyl (C=O) groups excluding carboxylic acids is 1. The maximum atomic E-state index is 12.2. The minimum Gasteiger partial charge on any atom is -0.356 e. The third-order valence-electron chi connectivity index (χ3n) is 5.25. The Bertz CT molecular complexity index is 482. The molecule has 0 radical (unpaired) electrons. The molecule has 2 atom stereocenters. The Morgan fingerprint density at radius 1 is 1.41 bits per heavy atom. The molecule has 4 heteroatoms. The predicted molar refractivity (Wildman–Crippen MR) is 87.5 cm³/mol. The lowest BCUT2D eigenvalue weighted by Gasteiger charge is -2.31. The number of carbonyl (C=O) groups is 1. The number of likely N-dealkylation sites (tertiary alicyclic amines) is 1. The minimum absolute atomic E-state index is 0.172. The van der Waals surface area contributed by atoms with E-state index in [0.717, 1.165) is 25.3 Å². The molecule has 3 rings (SSSR count). The zero-order valence-corrected chi connectivity index (χ0v) is 13.5. The Morgan fingerprint density at radius 2 is 2.23 bits per heavy atom. The summed E-state index contributed by atoms with van der Waals surface area (Å²) >= 11 is 0. The van der Waals surface area contributed by atoms with Gasteiger partial charge in [-0.05, 0) is 68.8 Å². The van der Waals surface area contributed by atoms with E-state index in [-0.39, 0.29) is 11.8 Å². The summed E-state index contributed by atoms with van der Waals surface area (Å²) in [6.45, 7) is 6.68. The van der Waals surface area contributed by atoms with Gasteiger partial charge in [-0.1, -0.05) is 13.0 Å². The van der Waals surface area contributed by atoms with E-state index in [1.54, 1.807) is 6.20 Å². The number of piperidine rings is 1. The van der Waals surface area contributed by atoms with Gasteiger partial charge in [0.1, 0.15) is 0 Å². The quantitative estimate of drug-likeness (QED) is 0.877. The maximum Gasteiger partial charge on any atom is 0.223 e. The fourth-order valence-corrected chi connectivity index (χ4v) is 3.57. The van der Waals surface area contributed by atoms with E-state index in [9.17, 15) is 4.79 Å². The molecule has 0 unspecified atom stereocenters. The first kappa shape index (κ1) is 15.5. The third kappa shape index (κ3) is 3.86. The highest BCUT2D eigenvalue weighted by Gasteiger charge is 2.43. The van der Waals surface area contributed by atoms with Crippen LogP contribution in [0.15, 0.2) is 24.5 Å². The first-order valence-corrected chi connectivity index (χ1v) is 8.68. The van der Waals surface area contributed by atoms with Crippen LogP contribution in [0.4, 0.5) is 0 Å². The second kappa shape index (κ2) is 7.23. The molecule has 0 bridgehead atoms. The lowest BCUT2D eigenvalue weighted by Crippen LogP contribution is -2.35. The van der Waals surface area contributed by atoms with Gasteiger partial charge in [-0.2, -0.15) is 0 Å². The first-order valence-electron chi connectivity index (χ1n) is 8.68. The van der Waals surface area contributed by atoms with Crippen LogP contribution in [0.2, 0.25) is 0 Å². The molecule has 1 N–H and O–H groups in total. The van der Waals surface area contributed by atoms with Gasteiger partial charge in [0.15, 0.2) is 0 Å². The lowest BCUT2D eigenvalue weighted by molar-refractivity contribution is -0.122. The van der Waals surface area contributed by atoms with Crippen LogP contribution in [0, 0.1) is 11.8 Å². The second-order valence-electron chi connectivity index (χ2n) is 6.69. The van der Waals surface area contributed by atoms with Gasteiger partial charge in [-0.25, -0.2) is 0 Å². The average molecular weight is 301 g/mol. The fraction of sp³-hybridized carbons (Fsp3) is 0.667. The average Bonchev–Trinajstić information content (AvgIpc) is 3.37. The summed E-state index contributed by atoms with van der Waals surface area (Å²) in [5, 5.41) is 3.14. The van der Waals surface area contributed by atoms with Crippen molar-refractivity contribution in [3.8, 4) is 0 Å². The van der Waals surface area contributed by atoms with Gasteiger partial charge in [0.2, 0.25) is 5.91 Å². The molecule has 1 saturated carbocycles. The van der Waals surface area contributed by atoms with E-state index in [4.69, 9.17) is 0 Å². The first-order chi connectivity index (χ1) is 10.8. The van der Waals surface area contributed by atoms with Crippen LogP contribution >= 0.6 is 0 Å². The summed E-state index contributed by atoms with van der Waals surface area (Å²) < 4.78 is 0. The molecular formula is C18H27N3O. The molecule has 2 aliphatic rings. The molecule has 1 aromatic rings. The van der Waals surface area contributed by atoms with Crippen molar-refractivity contribution < 1.29 is 4.79 Å². The number of nitrogens with zero attached hydrogens (tertiary/aromatic N) is 2. The number of pyridine rings is 1. The summed E-state index contributed by atoms with van der Waals surface area (Å²) in [7, 11) is 0. The van der Waals surface area contributed by atoms with Crippen molar-refractivity contribution in [1.29, 1.82) is 0 Å². The molecule has 120 valence electrons. The fourth-order valence-electron chi connectivity index (χ4n) is 3.57. The highest BCUT2D eigenvalue weighted by atomic mass is 16.2. The van der Waals surface area contributed by atoms with Gasteiger partial charge >= 0.3 is 0 Å². The van der Waals surface area contributed by atoms with Crippen LogP contribution in [-0.2, 0) is 4.79 Å². The molecule has 22 heavy (non-hydrogen) atoms. The minimum atomic E-state index is 0.172. The van der Waals surface area contributed by atoms with Crippen LogP contribution in [0.25, 0.3) is 0 Å². The molecule has 1 saturated heterocycles. The number of rotatable bonds is 6. The highest BCUT2D eigenvalue weighted by molar-refractivity contribution is 5.82. The van der Waals surface area contributed by atoms with E-state index in [1.165, 1.54) is 38.0 Å². The van der Waals surface area contributed by atoms with Crippen LogP contribution < -0.4 is 5.32 Å². The van der Waals surface area contributed by atoms with Crippen molar-refractivity contribution >= 4 is 5.91 Å². The molecule has 1 aromatic heterocycles. The number of hydrogen-bond donors (Lipinski definition) is 1. The Labute approximate surface area is 133 Å². The van der Waals surface area contributed by atoms with Crippen LogP contribution in [0.5, 0.6) is 0 Å². The molecule has 0 spiro atoms. The Morgan fingerprint density at radius 3 is 2.91 bits per heavy atom. The molecule has 2 fully saturated rings. The zero-order valence-electron chi connectivity index (χ0n) is 13.5. The Kier molecular flexibility index (Phi) is 5.08. The monoisotopic (exact) mass is 301 g/mol. The van der Waals surface area contributed by atoms with E-state index >= 15 is 0 Å². The number of nitrogens with one attached hydrogen (secondary N) is 1. The topological polar surface area (TPSA) is 45.2 Å². The number of hydrogen-bond acceptors (Lipinski definition) is 3. The molecule has 2 heterocycles. The summed E-state index contributed by atoms with van der Waals surface area (Å²) in [6, 6.07) is 4.03. The van der Waals surface area contributed by atoms with Crippen molar-refractivity contribution in [2.45, 2.75) is 38.5 Å². The smallest absolute Gasteiger partial charge is 0.223 e. The van der Waals surface area contributed by atoms with Gasteiger partial charge in [-0.15, -0.1) is 0 Å². The van der Waals surface area contributed by atoms with Crippen molar-refractivity contribution in [2.75, 3.05) is 26.2 Å². The van der Waals surface area contributed by atoms with E-state index in [1.807, 2.05) is 12.3 Å². The van der Waals surface area contributed by atoms with Gasteiger partial charge in [0.25, 0.3) is 0 Å².